The van der Waals surface area contributed by atoms with Gasteiger partial charge in [-0.25, -0.2) is 0 Å². The molecular formula is C9H16O4S2. The van der Waals surface area contributed by atoms with Crippen LogP contribution in [0, 0.1) is 5.92 Å². The zero-order chi connectivity index (χ0) is 12.0. The summed E-state index contributed by atoms with van der Waals surface area (Å²) in [4.78, 5) is 21.5. The third-order valence-electron chi connectivity index (χ3n) is 2.21. The Balaban J connectivity index is 4.56. The molecule has 0 radical (unpaired) electrons. The first-order chi connectivity index (χ1) is 6.91. The van der Waals surface area contributed by atoms with Crippen molar-refractivity contribution in [3.05, 3.63) is 0 Å². The Bertz CT molecular complexity index is 212. The molecule has 0 fully saturated rings. The van der Waals surface area contributed by atoms with Gasteiger partial charge in [0.15, 0.2) is 0 Å². The second kappa shape index (κ2) is 7.00. The first-order valence-corrected chi connectivity index (χ1v) is 5.76. The van der Waals surface area contributed by atoms with Gasteiger partial charge in [0.25, 0.3) is 0 Å². The molecule has 0 bridgehead atoms. The molecule has 0 aromatic heterocycles. The summed E-state index contributed by atoms with van der Waals surface area (Å²) in [5.74, 6) is -2.74. The Kier molecular flexibility index (Phi) is 6.84. The maximum Gasteiger partial charge on any atom is 0.316 e. The molecule has 2 N–H and O–H groups in total. The third kappa shape index (κ3) is 4.79. The van der Waals surface area contributed by atoms with Crippen molar-refractivity contribution in [2.24, 2.45) is 5.92 Å². The van der Waals surface area contributed by atoms with E-state index in [0.29, 0.717) is 6.42 Å². The van der Waals surface area contributed by atoms with Crippen LogP contribution < -0.4 is 0 Å². The highest BCUT2D eigenvalue weighted by Gasteiger charge is 2.33. The van der Waals surface area contributed by atoms with Gasteiger partial charge >= 0.3 is 11.9 Å². The normalized spacial score (nSPS) is 16.7. The van der Waals surface area contributed by atoms with Gasteiger partial charge in [0.05, 0.1) is 0 Å². The molecule has 2 atom stereocenters. The summed E-state index contributed by atoms with van der Waals surface area (Å²) in [7, 11) is 0. The van der Waals surface area contributed by atoms with Crippen molar-refractivity contribution in [2.75, 3.05) is 0 Å². The Morgan fingerprint density at radius 1 is 1.13 bits per heavy atom. The SMILES string of the molecule is CCCCC(C(S)C(=O)O)C(S)C(=O)O. The molecule has 4 nitrogen and oxygen atoms in total. The predicted octanol–water partition coefficient (Wildman–Crippen LogP) is 1.56. The summed E-state index contributed by atoms with van der Waals surface area (Å²) in [6.45, 7) is 1.96. The summed E-state index contributed by atoms with van der Waals surface area (Å²) in [6, 6.07) is 0. The Morgan fingerprint density at radius 3 is 1.80 bits per heavy atom. The molecule has 0 aromatic carbocycles. The third-order valence-corrected chi connectivity index (χ3v) is 3.42. The van der Waals surface area contributed by atoms with Crippen LogP contribution in [0.3, 0.4) is 0 Å². The first kappa shape index (κ1) is 14.6. The van der Waals surface area contributed by atoms with Gasteiger partial charge in [0, 0.05) is 5.92 Å². The quantitative estimate of drug-likeness (QED) is 0.519. The molecule has 0 aliphatic heterocycles. The van der Waals surface area contributed by atoms with Gasteiger partial charge in [0.1, 0.15) is 10.5 Å². The molecule has 88 valence electrons. The summed E-state index contributed by atoms with van der Waals surface area (Å²) in [6.07, 6.45) is 2.17. The maximum atomic E-state index is 10.7. The molecule has 15 heavy (non-hydrogen) atoms. The minimum absolute atomic E-state index is 0.511. The van der Waals surface area contributed by atoms with E-state index in [2.05, 4.69) is 25.3 Å². The number of carboxylic acids is 2. The van der Waals surface area contributed by atoms with Crippen LogP contribution in [-0.2, 0) is 9.59 Å². The molecule has 0 aliphatic rings. The predicted molar refractivity (Wildman–Crippen MR) is 63.8 cm³/mol. The molecule has 0 amide bonds. The van der Waals surface area contributed by atoms with Gasteiger partial charge in [-0.05, 0) is 6.42 Å². The summed E-state index contributed by atoms with van der Waals surface area (Å²) >= 11 is 7.83. The average molecular weight is 252 g/mol. The van der Waals surface area contributed by atoms with Crippen molar-refractivity contribution in [2.45, 2.75) is 36.7 Å². The molecule has 6 heteroatoms. The van der Waals surface area contributed by atoms with E-state index < -0.39 is 28.4 Å². The summed E-state index contributed by atoms with van der Waals surface area (Å²) < 4.78 is 0. The highest BCUT2D eigenvalue weighted by atomic mass is 32.1. The van der Waals surface area contributed by atoms with E-state index in [9.17, 15) is 9.59 Å². The lowest BCUT2D eigenvalue weighted by atomic mass is 9.94. The minimum Gasteiger partial charge on any atom is -0.480 e. The van der Waals surface area contributed by atoms with Crippen LogP contribution in [0.5, 0.6) is 0 Å². The van der Waals surface area contributed by atoms with Gasteiger partial charge in [-0.2, -0.15) is 25.3 Å². The van der Waals surface area contributed by atoms with Gasteiger partial charge in [-0.15, -0.1) is 0 Å². The zero-order valence-electron chi connectivity index (χ0n) is 8.46. The maximum absolute atomic E-state index is 10.7. The average Bonchev–Trinajstić information content (AvgIpc) is 2.17. The van der Waals surface area contributed by atoms with Crippen molar-refractivity contribution in [3.8, 4) is 0 Å². The molecule has 0 spiro atoms. The molecular weight excluding hydrogens is 236 g/mol. The largest absolute Gasteiger partial charge is 0.480 e. The van der Waals surface area contributed by atoms with E-state index in [1.807, 2.05) is 6.92 Å². The number of hydrogen-bond acceptors (Lipinski definition) is 4. The van der Waals surface area contributed by atoms with Gasteiger partial charge in [0.2, 0.25) is 0 Å². The van der Waals surface area contributed by atoms with Crippen LogP contribution in [0.4, 0.5) is 0 Å². The van der Waals surface area contributed by atoms with Crippen LogP contribution >= 0.6 is 25.3 Å². The number of hydrogen-bond donors (Lipinski definition) is 4. The Morgan fingerprint density at radius 2 is 1.53 bits per heavy atom. The Hall–Kier alpha value is -0.360. The molecule has 0 saturated carbocycles. The zero-order valence-corrected chi connectivity index (χ0v) is 10.2. The van der Waals surface area contributed by atoms with Crippen molar-refractivity contribution < 1.29 is 19.8 Å². The number of aliphatic carboxylic acids is 2. The fraction of sp³-hybridized carbons (Fsp3) is 0.778. The highest BCUT2D eigenvalue weighted by molar-refractivity contribution is 7.82. The van der Waals surface area contributed by atoms with E-state index in [1.165, 1.54) is 0 Å². The van der Waals surface area contributed by atoms with Crippen molar-refractivity contribution >= 4 is 37.2 Å². The second-order valence-corrected chi connectivity index (χ2v) is 4.48. The number of rotatable bonds is 7. The van der Waals surface area contributed by atoms with E-state index >= 15 is 0 Å². The number of carboxylic acid groups (broad SMARTS) is 2. The fourth-order valence-electron chi connectivity index (χ4n) is 1.29. The fourth-order valence-corrected chi connectivity index (χ4v) is 2.07. The van der Waals surface area contributed by atoms with Crippen LogP contribution in [0.2, 0.25) is 0 Å². The Labute approximate surface area is 99.9 Å². The van der Waals surface area contributed by atoms with E-state index in [-0.39, 0.29) is 0 Å². The van der Waals surface area contributed by atoms with Crippen LogP contribution in [-0.4, -0.2) is 32.7 Å². The minimum atomic E-state index is -1.10. The lowest BCUT2D eigenvalue weighted by Gasteiger charge is -2.22. The molecule has 0 heterocycles. The molecule has 2 unspecified atom stereocenters. The standard InChI is InChI=1S/C9H16O4S2/c1-2-3-4-5(6(14)8(10)11)7(15)9(12)13/h5-7,14-15H,2-4H2,1H3,(H,10,11)(H,12,13). The summed E-state index contributed by atoms with van der Waals surface area (Å²) in [5.41, 5.74) is 0. The topological polar surface area (TPSA) is 74.6 Å². The smallest absolute Gasteiger partial charge is 0.316 e. The van der Waals surface area contributed by atoms with E-state index in [4.69, 9.17) is 10.2 Å². The first-order valence-electron chi connectivity index (χ1n) is 4.73. The number of unbranched alkanes of at least 4 members (excludes halogenated alkanes) is 1. The number of thiol groups is 2. The van der Waals surface area contributed by atoms with Gasteiger partial charge in [-0.3, -0.25) is 9.59 Å². The van der Waals surface area contributed by atoms with E-state index in [0.717, 1.165) is 12.8 Å². The van der Waals surface area contributed by atoms with Gasteiger partial charge < -0.3 is 10.2 Å². The van der Waals surface area contributed by atoms with Crippen molar-refractivity contribution in [1.82, 2.24) is 0 Å². The monoisotopic (exact) mass is 252 g/mol. The lowest BCUT2D eigenvalue weighted by Crippen LogP contribution is -2.35. The highest BCUT2D eigenvalue weighted by Crippen LogP contribution is 2.25. The second-order valence-electron chi connectivity index (χ2n) is 3.37. The van der Waals surface area contributed by atoms with Gasteiger partial charge in [-0.1, -0.05) is 19.8 Å². The molecule has 0 saturated heterocycles. The molecule has 0 rings (SSSR count). The van der Waals surface area contributed by atoms with Crippen LogP contribution in [0.25, 0.3) is 0 Å². The number of carbonyl (C=O) groups is 2. The molecule has 0 aromatic rings. The lowest BCUT2D eigenvalue weighted by molar-refractivity contribution is -0.139. The van der Waals surface area contributed by atoms with Crippen molar-refractivity contribution in [3.63, 3.8) is 0 Å². The van der Waals surface area contributed by atoms with Crippen LogP contribution in [0.15, 0.2) is 0 Å². The summed E-state index contributed by atoms with van der Waals surface area (Å²) in [5, 5.41) is 15.6. The van der Waals surface area contributed by atoms with Crippen LogP contribution in [0.1, 0.15) is 26.2 Å². The van der Waals surface area contributed by atoms with E-state index in [1.54, 1.807) is 0 Å². The van der Waals surface area contributed by atoms with Crippen molar-refractivity contribution in [1.29, 1.82) is 0 Å². The molecule has 0 aliphatic carbocycles.